The van der Waals surface area contributed by atoms with E-state index < -0.39 is 18.1 Å². The topological polar surface area (TPSA) is 85.3 Å². The Bertz CT molecular complexity index is 1400. The van der Waals surface area contributed by atoms with Crippen molar-refractivity contribution in [1.29, 1.82) is 0 Å². The van der Waals surface area contributed by atoms with E-state index in [-0.39, 0.29) is 18.9 Å². The lowest BCUT2D eigenvalue weighted by atomic mass is 9.96. The Morgan fingerprint density at radius 3 is 1.49 bits per heavy atom. The van der Waals surface area contributed by atoms with Crippen LogP contribution in [0.15, 0.2) is 110 Å². The summed E-state index contributed by atoms with van der Waals surface area (Å²) in [6.45, 7) is 3.46. The molecule has 1 N–H and O–H groups in total. The second-order valence-corrected chi connectivity index (χ2v) is 10.1. The summed E-state index contributed by atoms with van der Waals surface area (Å²) in [6, 6.07) is 30.5. The summed E-state index contributed by atoms with van der Waals surface area (Å²) < 4.78 is 16.9. The van der Waals surface area contributed by atoms with Crippen molar-refractivity contribution in [3.63, 3.8) is 0 Å². The molecule has 0 bridgehead atoms. The quantitative estimate of drug-likeness (QED) is 0.162. The molecule has 0 fully saturated rings. The molecule has 0 aliphatic rings. The Labute approximate surface area is 253 Å². The number of nitrogens with zero attached hydrogens (tertiary/aromatic N) is 1. The minimum atomic E-state index is -1.14. The van der Waals surface area contributed by atoms with Gasteiger partial charge < -0.3 is 24.2 Å². The van der Waals surface area contributed by atoms with Crippen molar-refractivity contribution in [2.75, 3.05) is 27.9 Å². The van der Waals surface area contributed by atoms with Gasteiger partial charge in [-0.25, -0.2) is 4.79 Å². The number of amides is 1. The Morgan fingerprint density at radius 2 is 1.14 bits per heavy atom. The van der Waals surface area contributed by atoms with Crippen LogP contribution in [-0.2, 0) is 14.3 Å². The van der Waals surface area contributed by atoms with Gasteiger partial charge in [-0.05, 0) is 64.1 Å². The molecule has 4 rings (SSSR count). The molecule has 0 radical (unpaired) electrons. The van der Waals surface area contributed by atoms with Crippen molar-refractivity contribution >= 4 is 11.9 Å². The first-order chi connectivity index (χ1) is 20.8. The monoisotopic (exact) mass is 579 g/mol. The van der Waals surface area contributed by atoms with Crippen molar-refractivity contribution in [2.45, 2.75) is 25.0 Å². The van der Waals surface area contributed by atoms with Gasteiger partial charge in [0, 0.05) is 13.5 Å². The molecule has 0 unspecified atom stereocenters. The van der Waals surface area contributed by atoms with Crippen LogP contribution in [0.25, 0.3) is 22.3 Å². The van der Waals surface area contributed by atoms with Crippen LogP contribution in [0.4, 0.5) is 0 Å². The first kappa shape index (κ1) is 31.1. The lowest BCUT2D eigenvalue weighted by molar-refractivity contribution is -0.152. The maximum absolute atomic E-state index is 12.6. The fraction of sp³-hybridized carbons (Fsp3) is 0.222. The molecule has 1 amide bonds. The van der Waals surface area contributed by atoms with Crippen LogP contribution >= 0.6 is 0 Å². The Kier molecular flexibility index (Phi) is 10.7. The molecular formula is C36H37NO6. The van der Waals surface area contributed by atoms with Gasteiger partial charge in [-0.1, -0.05) is 78.9 Å². The van der Waals surface area contributed by atoms with E-state index in [4.69, 9.17) is 14.2 Å². The predicted octanol–water partition coefficient (Wildman–Crippen LogP) is 7.02. The summed E-state index contributed by atoms with van der Waals surface area (Å²) in [4.78, 5) is 26.0. The van der Waals surface area contributed by atoms with E-state index in [2.05, 4.69) is 6.58 Å². The molecule has 7 heteroatoms. The molecule has 0 aliphatic carbocycles. The molecule has 0 aliphatic heterocycles. The van der Waals surface area contributed by atoms with Crippen molar-refractivity contribution in [3.05, 3.63) is 121 Å². The summed E-state index contributed by atoms with van der Waals surface area (Å²) >= 11 is 0. The van der Waals surface area contributed by atoms with Crippen LogP contribution < -0.4 is 9.47 Å². The molecule has 1 atom stereocenters. The fourth-order valence-corrected chi connectivity index (χ4v) is 4.76. The summed E-state index contributed by atoms with van der Waals surface area (Å²) in [7, 11) is 4.77. The second kappa shape index (κ2) is 14.8. The van der Waals surface area contributed by atoms with E-state index in [1.54, 1.807) is 20.3 Å². The van der Waals surface area contributed by atoms with E-state index in [1.165, 1.54) is 11.9 Å². The summed E-state index contributed by atoms with van der Waals surface area (Å²) in [5.74, 6) is 0.166. The number of carboxylic acid groups (broad SMARTS) is 1. The molecule has 0 saturated carbocycles. The smallest absolute Gasteiger partial charge is 0.328 e. The number of carboxylic acids is 1. The highest BCUT2D eigenvalue weighted by Crippen LogP contribution is 2.32. The molecule has 0 aromatic heterocycles. The number of hydrogen-bond donors (Lipinski definition) is 1. The van der Waals surface area contributed by atoms with Crippen molar-refractivity contribution in [2.24, 2.45) is 0 Å². The highest BCUT2D eigenvalue weighted by molar-refractivity contribution is 5.83. The van der Waals surface area contributed by atoms with Crippen molar-refractivity contribution < 1.29 is 28.9 Å². The van der Waals surface area contributed by atoms with Gasteiger partial charge in [-0.15, -0.1) is 6.58 Å². The van der Waals surface area contributed by atoms with E-state index in [0.29, 0.717) is 6.42 Å². The third-order valence-electron chi connectivity index (χ3n) is 7.40. The summed E-state index contributed by atoms with van der Waals surface area (Å²) in [6.07, 6.45) is 1.74. The minimum Gasteiger partial charge on any atom is -0.497 e. The normalized spacial score (nSPS) is 11.5. The molecule has 7 nitrogen and oxygen atoms in total. The van der Waals surface area contributed by atoms with Crippen LogP contribution in [0.2, 0.25) is 0 Å². The number of carbonyl (C=O) groups is 2. The Morgan fingerprint density at radius 1 is 0.744 bits per heavy atom. The van der Waals surface area contributed by atoms with Gasteiger partial charge in [0.05, 0.1) is 20.8 Å². The Balaban J connectivity index is 1.62. The van der Waals surface area contributed by atoms with Gasteiger partial charge >= 0.3 is 5.97 Å². The number of rotatable bonds is 14. The van der Waals surface area contributed by atoms with Gasteiger partial charge in [0.15, 0.2) is 6.04 Å². The highest BCUT2D eigenvalue weighted by Gasteiger charge is 2.28. The molecule has 0 spiro atoms. The molecule has 0 saturated heterocycles. The van der Waals surface area contributed by atoms with Gasteiger partial charge in [-0.3, -0.25) is 4.79 Å². The van der Waals surface area contributed by atoms with Gasteiger partial charge in [0.1, 0.15) is 17.6 Å². The standard InChI is InChI=1S/C36H37NO6/c1-5-6-7-34(38)37(2)33(36(39)40)24-43-35(29-12-8-25(9-13-29)27-16-20-31(41-3)21-17-27)30-14-10-26(11-15-30)28-18-22-32(42-4)23-19-28/h5,8-23,33,35H,1,6-7,24H2,2-4H3,(H,39,40)/t33-/m0/s1. The first-order valence-corrected chi connectivity index (χ1v) is 14.0. The van der Waals surface area contributed by atoms with Crippen LogP contribution in [0, 0.1) is 0 Å². The maximum Gasteiger partial charge on any atom is 0.328 e. The van der Waals surface area contributed by atoms with Crippen molar-refractivity contribution in [3.8, 4) is 33.8 Å². The average molecular weight is 580 g/mol. The fourth-order valence-electron chi connectivity index (χ4n) is 4.76. The third kappa shape index (κ3) is 7.90. The zero-order valence-corrected chi connectivity index (χ0v) is 24.7. The van der Waals surface area contributed by atoms with Crippen LogP contribution in [-0.4, -0.2) is 55.8 Å². The number of likely N-dealkylation sites (N-methyl/N-ethyl adjacent to an activating group) is 1. The molecular weight excluding hydrogens is 542 g/mol. The lowest BCUT2D eigenvalue weighted by Crippen LogP contribution is -2.45. The van der Waals surface area contributed by atoms with Crippen molar-refractivity contribution in [1.82, 2.24) is 4.90 Å². The number of carbonyl (C=O) groups excluding carboxylic acids is 1. The number of ether oxygens (including phenoxy) is 3. The van der Waals surface area contributed by atoms with Crippen LogP contribution in [0.3, 0.4) is 0 Å². The number of aliphatic carboxylic acids is 1. The number of hydrogen-bond acceptors (Lipinski definition) is 5. The SMILES string of the molecule is C=CCCC(=O)N(C)[C@@H](COC(c1ccc(-c2ccc(OC)cc2)cc1)c1ccc(-c2ccc(OC)cc2)cc1)C(=O)O. The number of allylic oxidation sites excluding steroid dienone is 1. The highest BCUT2D eigenvalue weighted by atomic mass is 16.5. The number of methoxy groups -OCH3 is 2. The van der Waals surface area contributed by atoms with Crippen LogP contribution in [0.1, 0.15) is 30.1 Å². The molecule has 222 valence electrons. The van der Waals surface area contributed by atoms with Gasteiger partial charge in [-0.2, -0.15) is 0 Å². The van der Waals surface area contributed by atoms with E-state index in [1.807, 2.05) is 97.1 Å². The molecule has 0 heterocycles. The predicted molar refractivity (Wildman–Crippen MR) is 168 cm³/mol. The van der Waals surface area contributed by atoms with Gasteiger partial charge in [0.25, 0.3) is 0 Å². The summed E-state index contributed by atoms with van der Waals surface area (Å²) in [5, 5.41) is 9.96. The van der Waals surface area contributed by atoms with E-state index in [9.17, 15) is 14.7 Å². The average Bonchev–Trinajstić information content (AvgIpc) is 3.05. The lowest BCUT2D eigenvalue weighted by Gasteiger charge is -2.27. The minimum absolute atomic E-state index is 0.184. The molecule has 43 heavy (non-hydrogen) atoms. The molecule has 4 aromatic carbocycles. The maximum atomic E-state index is 12.6. The van der Waals surface area contributed by atoms with Gasteiger partial charge in [0.2, 0.25) is 5.91 Å². The molecule has 4 aromatic rings. The zero-order chi connectivity index (χ0) is 30.8. The van der Waals surface area contributed by atoms with E-state index >= 15 is 0 Å². The third-order valence-corrected chi connectivity index (χ3v) is 7.40. The second-order valence-electron chi connectivity index (χ2n) is 10.1. The first-order valence-electron chi connectivity index (χ1n) is 14.0. The number of benzene rings is 4. The Hall–Kier alpha value is -4.88. The van der Waals surface area contributed by atoms with E-state index in [0.717, 1.165) is 44.9 Å². The zero-order valence-electron chi connectivity index (χ0n) is 24.7. The van der Waals surface area contributed by atoms with Crippen LogP contribution in [0.5, 0.6) is 11.5 Å². The summed E-state index contributed by atoms with van der Waals surface area (Å²) in [5.41, 5.74) is 5.85. The largest absolute Gasteiger partial charge is 0.497 e.